The second kappa shape index (κ2) is 37.5. The summed E-state index contributed by atoms with van der Waals surface area (Å²) in [7, 11) is -11.7. The molecular formula is C82H78BrClN12O12S3. The molecule has 0 saturated heterocycles. The third kappa shape index (κ3) is 22.7. The minimum Gasteiger partial charge on any atom is -0.455 e. The van der Waals surface area contributed by atoms with Crippen LogP contribution in [0.3, 0.4) is 0 Å². The summed E-state index contributed by atoms with van der Waals surface area (Å²) in [6.07, 6.45) is 0. The van der Waals surface area contributed by atoms with E-state index in [9.17, 15) is 39.6 Å². The van der Waals surface area contributed by atoms with Gasteiger partial charge in [-0.25, -0.2) is 40.7 Å². The number of primary sulfonamides is 3. The highest BCUT2D eigenvalue weighted by molar-refractivity contribution is 9.10. The van der Waals surface area contributed by atoms with E-state index in [0.717, 1.165) is 10.0 Å². The van der Waals surface area contributed by atoms with Gasteiger partial charge in [-0.3, -0.25) is 30.6 Å². The fourth-order valence-corrected chi connectivity index (χ4v) is 13.4. The maximum atomic E-state index is 13.0. The Hall–Kier alpha value is -12.6. The van der Waals surface area contributed by atoms with Crippen LogP contribution >= 0.6 is 27.5 Å². The number of amides is 3. The molecule has 0 fully saturated rings. The fraction of sp³-hybridized carbons (Fsp3) is 0.0488. The number of halogens is 2. The average molecular weight is 1640 g/mol. The summed E-state index contributed by atoms with van der Waals surface area (Å²) >= 11 is 9.55. The van der Waals surface area contributed by atoms with Gasteiger partial charge in [-0.2, -0.15) is 0 Å². The van der Waals surface area contributed by atoms with Crippen molar-refractivity contribution < 1.29 is 53.8 Å². The number of sulfonamides is 3. The van der Waals surface area contributed by atoms with Crippen molar-refractivity contribution in [3.8, 4) is 67.9 Å². The summed E-state index contributed by atoms with van der Waals surface area (Å²) in [6, 6.07) is 74.3. The van der Waals surface area contributed by atoms with Crippen LogP contribution < -0.4 is 62.8 Å². The molecule has 29 heteroatoms. The van der Waals surface area contributed by atoms with Crippen LogP contribution in [-0.4, -0.2) is 60.5 Å². The van der Waals surface area contributed by atoms with E-state index in [1.807, 2.05) is 13.0 Å². The van der Waals surface area contributed by atoms with Gasteiger partial charge in [-0.15, -0.1) is 0 Å². The zero-order valence-corrected chi connectivity index (χ0v) is 61.6. The predicted octanol–water partition coefficient (Wildman–Crippen LogP) is 16.6. The molecule has 0 aliphatic heterocycles. The van der Waals surface area contributed by atoms with Crippen LogP contribution in [0.15, 0.2) is 292 Å². The Morgan fingerprint density at radius 3 is 0.955 bits per heavy atom. The summed E-state index contributed by atoms with van der Waals surface area (Å²) in [6.45, 7) is 1.91. The molecule has 0 aromatic heterocycles. The number of anilines is 3. The lowest BCUT2D eigenvalue weighted by atomic mass is 10.0. The van der Waals surface area contributed by atoms with Crippen LogP contribution in [0, 0.1) is 23.2 Å². The first-order chi connectivity index (χ1) is 51.3. The highest BCUT2D eigenvalue weighted by atomic mass is 79.9. The molecule has 18 N–H and O–H groups in total. The van der Waals surface area contributed by atoms with Gasteiger partial charge >= 0.3 is 0 Å². The number of amidine groups is 3. The molecule has 12 aromatic carbocycles. The number of hydrogen-bond acceptors (Lipinski definition) is 15. The topological polar surface area (TPSA) is 445 Å². The number of benzene rings is 12. The Morgan fingerprint density at radius 1 is 0.351 bits per heavy atom. The van der Waals surface area contributed by atoms with Crippen LogP contribution in [0.4, 0.5) is 17.1 Å². The van der Waals surface area contributed by atoms with Gasteiger partial charge in [0.15, 0.2) is 17.2 Å². The number of hydrogen-bond donors (Lipinski definition) is 12. The second-order valence-electron chi connectivity index (χ2n) is 23.6. The maximum absolute atomic E-state index is 13.0. The Labute approximate surface area is 657 Å². The van der Waals surface area contributed by atoms with Crippen LogP contribution in [0.25, 0.3) is 33.4 Å². The molecule has 0 aliphatic rings. The molecule has 0 spiro atoms. The Balaban J connectivity index is 0.000000228. The van der Waals surface area contributed by atoms with Gasteiger partial charge in [0, 0.05) is 65.6 Å². The second-order valence-corrected chi connectivity index (χ2v) is 29.6. The van der Waals surface area contributed by atoms with Crippen molar-refractivity contribution in [1.29, 1.82) is 16.2 Å². The first-order valence-corrected chi connectivity index (χ1v) is 37.8. The average Bonchev–Trinajstić information content (AvgIpc) is 0.823. The molecule has 111 heavy (non-hydrogen) atoms. The van der Waals surface area contributed by atoms with E-state index < -0.39 is 36.0 Å². The minimum absolute atomic E-state index is 0. The van der Waals surface area contributed by atoms with E-state index in [1.165, 1.54) is 18.2 Å². The third-order valence-corrected chi connectivity index (χ3v) is 19.5. The fourth-order valence-electron chi connectivity index (χ4n) is 10.6. The quantitative estimate of drug-likeness (QED) is 0.0235. The molecule has 3 amide bonds. The highest BCUT2D eigenvalue weighted by Crippen LogP contribution is 2.38. The number of carbonyl (C=O) groups is 3. The zero-order chi connectivity index (χ0) is 77.6. The van der Waals surface area contributed by atoms with E-state index in [-0.39, 0.29) is 66.3 Å². The van der Waals surface area contributed by atoms with Crippen molar-refractivity contribution in [2.45, 2.75) is 43.9 Å². The van der Waals surface area contributed by atoms with Crippen molar-refractivity contribution in [3.05, 3.63) is 321 Å². The van der Waals surface area contributed by atoms with Gasteiger partial charge in [0.25, 0.3) is 17.7 Å². The van der Waals surface area contributed by atoms with E-state index in [4.69, 9.17) is 74.7 Å². The number of ether oxygens (including phenoxy) is 3. The zero-order valence-electron chi connectivity index (χ0n) is 56.8. The molecule has 0 aliphatic carbocycles. The number of nitrogens with one attached hydrogen (secondary N) is 6. The molecule has 0 heterocycles. The van der Waals surface area contributed by atoms with Gasteiger partial charge in [-0.1, -0.05) is 183 Å². The molecule has 0 saturated carbocycles. The molecule has 0 atom stereocenters. The van der Waals surface area contributed by atoms with Crippen molar-refractivity contribution in [2.24, 2.45) is 32.6 Å². The Morgan fingerprint density at radius 2 is 0.640 bits per heavy atom. The number of nitrogens with two attached hydrogens (primary N) is 6. The van der Waals surface area contributed by atoms with Crippen LogP contribution in [-0.2, 0) is 30.1 Å². The lowest BCUT2D eigenvalue weighted by molar-refractivity contribution is 0.101. The predicted molar refractivity (Wildman–Crippen MR) is 443 cm³/mol. The molecule has 0 bridgehead atoms. The standard InChI is InChI=1S/C27H24N4O4S.C26H21BrN4O4S.C26H21ClN4O4S.3CH4/c1-17-9-14-23(24(15-17)35-21-6-4-5-20(16-21)26(28)29)31-27(32)19-12-10-18(11-13-19)22-7-2-3-8-25(22)36(30,33)34;2*27-19-12-13-22(23(15-19)35-20-5-3-4-18(14-20)25(28)29)31-26(32)17-10-8-16(9-11-17)21-6-1-2-7-24(21)36(30,33)34;;;/h2-16H,1H3,(H3,28,29)(H,31,32)(H2,30,33,34);2*1-15H,(H3,28,29)(H,31,32)(H2,30,33,34);3*1H4. The molecular weight excluding hydrogens is 1560 g/mol. The molecule has 12 rings (SSSR count). The van der Waals surface area contributed by atoms with Crippen LogP contribution in [0.5, 0.6) is 34.5 Å². The molecule has 0 radical (unpaired) electrons. The van der Waals surface area contributed by atoms with Gasteiger partial charge in [0.1, 0.15) is 34.8 Å². The van der Waals surface area contributed by atoms with Gasteiger partial charge in [0.2, 0.25) is 30.1 Å². The largest absolute Gasteiger partial charge is 0.455 e. The van der Waals surface area contributed by atoms with E-state index >= 15 is 0 Å². The lowest BCUT2D eigenvalue weighted by Gasteiger charge is -2.14. The van der Waals surface area contributed by atoms with Crippen LogP contribution in [0.1, 0.15) is 75.6 Å². The van der Waals surface area contributed by atoms with Crippen molar-refractivity contribution in [3.63, 3.8) is 0 Å². The summed E-state index contributed by atoms with van der Waals surface area (Å²) < 4.78 is 90.2. The molecule has 24 nitrogen and oxygen atoms in total. The maximum Gasteiger partial charge on any atom is 0.255 e. The summed E-state index contributed by atoms with van der Waals surface area (Å²) in [5, 5.41) is 47.7. The van der Waals surface area contributed by atoms with E-state index in [1.54, 1.807) is 249 Å². The van der Waals surface area contributed by atoms with Crippen molar-refractivity contribution >= 4 is 110 Å². The van der Waals surface area contributed by atoms with Gasteiger partial charge in [0.05, 0.1) is 31.7 Å². The van der Waals surface area contributed by atoms with Gasteiger partial charge < -0.3 is 47.4 Å². The van der Waals surface area contributed by atoms with Crippen molar-refractivity contribution in [1.82, 2.24) is 0 Å². The minimum atomic E-state index is -3.91. The number of rotatable bonds is 21. The van der Waals surface area contributed by atoms with E-state index in [0.29, 0.717) is 123 Å². The smallest absolute Gasteiger partial charge is 0.255 e. The summed E-state index contributed by atoms with van der Waals surface area (Å²) in [5.41, 5.74) is 24.6. The molecule has 0 unspecified atom stereocenters. The number of aryl methyl sites for hydroxylation is 1. The lowest BCUT2D eigenvalue weighted by Crippen LogP contribution is -2.14. The normalized spacial score (nSPS) is 10.8. The monoisotopic (exact) mass is 1630 g/mol. The van der Waals surface area contributed by atoms with Gasteiger partial charge in [-0.05, 0) is 163 Å². The number of nitrogen functional groups attached to an aromatic ring is 3. The highest BCUT2D eigenvalue weighted by Gasteiger charge is 2.21. The summed E-state index contributed by atoms with van der Waals surface area (Å²) in [4.78, 5) is 39.0. The first-order valence-electron chi connectivity index (χ1n) is 32.0. The van der Waals surface area contributed by atoms with E-state index in [2.05, 4.69) is 31.9 Å². The third-order valence-electron chi connectivity index (χ3n) is 15.8. The molecule has 570 valence electrons. The Bertz CT molecular complexity index is 5280. The van der Waals surface area contributed by atoms with Crippen LogP contribution in [0.2, 0.25) is 5.02 Å². The summed E-state index contributed by atoms with van der Waals surface area (Å²) in [5.74, 6) is 1.04. The number of carbonyl (C=O) groups excluding carboxylic acids is 3. The molecule has 12 aromatic rings. The Kier molecular flexibility index (Phi) is 28.9. The van der Waals surface area contributed by atoms with Crippen molar-refractivity contribution in [2.75, 3.05) is 16.0 Å². The first kappa shape index (κ1) is 85.6. The SMILES string of the molecule is C.C.C.Cc1ccc(NC(=O)c2ccc(-c3ccccc3S(N)(=O)=O)cc2)c(Oc2cccc(C(=N)N)c2)c1.N=C(N)c1cccc(Oc2cc(Br)ccc2NC(=O)c2ccc(-c3ccccc3S(N)(=O)=O)cc2)c1.N=C(N)c1cccc(Oc2cc(Cl)ccc2NC(=O)c2ccc(-c3ccccc3S(N)(=O)=O)cc2)c1.